The van der Waals surface area contributed by atoms with Gasteiger partial charge in [0, 0.05) is 50.8 Å². The van der Waals surface area contributed by atoms with E-state index >= 15 is 0 Å². The van der Waals surface area contributed by atoms with Gasteiger partial charge in [0.05, 0.1) is 22.5 Å². The van der Waals surface area contributed by atoms with Gasteiger partial charge in [-0.05, 0) is 42.8 Å². The van der Waals surface area contributed by atoms with E-state index in [-0.39, 0.29) is 29.6 Å². The third-order valence-corrected chi connectivity index (χ3v) is 7.40. The van der Waals surface area contributed by atoms with Crippen molar-refractivity contribution in [1.82, 2.24) is 19.9 Å². The number of aromatic nitrogens is 3. The summed E-state index contributed by atoms with van der Waals surface area (Å²) in [6, 6.07) is 2.96. The first-order chi connectivity index (χ1) is 16.5. The number of fused-ring (bicyclic) bond motifs is 1. The first kappa shape index (κ1) is 22.8. The second kappa shape index (κ2) is 9.71. The highest BCUT2D eigenvalue weighted by atomic mass is 32.1. The molecule has 2 saturated heterocycles. The number of carbonyl (C=O) groups excluding carboxylic acids is 2. The molecule has 10 heteroatoms. The zero-order chi connectivity index (χ0) is 23.7. The number of anilines is 1. The van der Waals surface area contributed by atoms with Crippen LogP contribution in [0.3, 0.4) is 0 Å². The third-order valence-electron chi connectivity index (χ3n) is 6.49. The van der Waals surface area contributed by atoms with Gasteiger partial charge in [-0.2, -0.15) is 0 Å². The van der Waals surface area contributed by atoms with E-state index in [1.165, 1.54) is 17.4 Å². The lowest BCUT2D eigenvalue weighted by molar-refractivity contribution is -0.127. The summed E-state index contributed by atoms with van der Waals surface area (Å²) >= 11 is 1.42. The van der Waals surface area contributed by atoms with E-state index in [1.807, 2.05) is 18.4 Å². The van der Waals surface area contributed by atoms with Crippen LogP contribution in [0.5, 0.6) is 0 Å². The number of hydrogen-bond acceptors (Lipinski definition) is 8. The molecule has 2 fully saturated rings. The van der Waals surface area contributed by atoms with E-state index in [9.17, 15) is 14.0 Å². The van der Waals surface area contributed by atoms with Gasteiger partial charge in [-0.3, -0.25) is 14.6 Å². The van der Waals surface area contributed by atoms with Crippen molar-refractivity contribution in [3.05, 3.63) is 47.0 Å². The van der Waals surface area contributed by atoms with Crippen LogP contribution < -0.4 is 5.32 Å². The Labute approximate surface area is 200 Å². The fourth-order valence-corrected chi connectivity index (χ4v) is 5.31. The third kappa shape index (κ3) is 4.78. The summed E-state index contributed by atoms with van der Waals surface area (Å²) in [4.78, 5) is 40.5. The molecule has 1 N–H and O–H groups in total. The molecule has 3 aromatic heterocycles. The quantitative estimate of drug-likeness (QED) is 0.545. The number of ether oxygens (including phenoxy) is 1. The number of pyridine rings is 1. The number of Topliss-reactive ketones (excluding diaryl/α,β-unsaturated/α-hetero) is 1. The van der Waals surface area contributed by atoms with Crippen LogP contribution in [0, 0.1) is 17.7 Å². The van der Waals surface area contributed by atoms with Crippen LogP contribution in [0.2, 0.25) is 0 Å². The van der Waals surface area contributed by atoms with Crippen molar-refractivity contribution in [3.63, 3.8) is 0 Å². The average molecular weight is 484 g/mol. The zero-order valence-electron chi connectivity index (χ0n) is 18.9. The van der Waals surface area contributed by atoms with Crippen molar-refractivity contribution in [2.24, 2.45) is 11.8 Å². The summed E-state index contributed by atoms with van der Waals surface area (Å²) in [5.74, 6) is 0.299. The molecule has 5 rings (SSSR count). The van der Waals surface area contributed by atoms with E-state index in [0.29, 0.717) is 55.4 Å². The van der Waals surface area contributed by atoms with Crippen LogP contribution in [0.25, 0.3) is 10.2 Å². The number of likely N-dealkylation sites (tertiary alicyclic amines) is 1. The van der Waals surface area contributed by atoms with Crippen molar-refractivity contribution in [2.45, 2.75) is 32.2 Å². The molecule has 0 bridgehead atoms. The summed E-state index contributed by atoms with van der Waals surface area (Å²) in [6.07, 6.45) is 4.84. The largest absolute Gasteiger partial charge is 0.381 e. The van der Waals surface area contributed by atoms with E-state index in [4.69, 9.17) is 4.74 Å². The number of ketones is 1. The van der Waals surface area contributed by atoms with Crippen molar-refractivity contribution in [1.29, 1.82) is 0 Å². The van der Waals surface area contributed by atoms with Crippen LogP contribution in [0.15, 0.2) is 29.9 Å². The number of thiophene rings is 1. The molecule has 2 aliphatic heterocycles. The maximum absolute atomic E-state index is 13.6. The predicted molar refractivity (Wildman–Crippen MR) is 126 cm³/mol. The van der Waals surface area contributed by atoms with Gasteiger partial charge >= 0.3 is 0 Å². The van der Waals surface area contributed by atoms with Gasteiger partial charge in [-0.1, -0.05) is 0 Å². The Morgan fingerprint density at radius 1 is 1.26 bits per heavy atom. The number of nitrogens with zero attached hydrogens (tertiary/aromatic N) is 4. The highest BCUT2D eigenvalue weighted by Crippen LogP contribution is 2.30. The number of rotatable bonds is 7. The summed E-state index contributed by atoms with van der Waals surface area (Å²) in [5.41, 5.74) is 1.69. The van der Waals surface area contributed by atoms with Gasteiger partial charge in [0.15, 0.2) is 5.69 Å². The Hall–Kier alpha value is -2.98. The first-order valence-corrected chi connectivity index (χ1v) is 12.4. The normalized spacial score (nSPS) is 18.0. The van der Waals surface area contributed by atoms with E-state index in [0.717, 1.165) is 23.7 Å². The molecule has 0 radical (unpaired) electrons. The second-order valence-corrected chi connectivity index (χ2v) is 9.88. The summed E-state index contributed by atoms with van der Waals surface area (Å²) < 4.78 is 19.6. The molecule has 0 spiro atoms. The van der Waals surface area contributed by atoms with Crippen LogP contribution in [0.1, 0.15) is 48.3 Å². The van der Waals surface area contributed by atoms with Gasteiger partial charge in [-0.25, -0.2) is 14.4 Å². The number of hydrogen-bond donors (Lipinski definition) is 1. The lowest BCUT2D eigenvalue weighted by atomic mass is 9.86. The molecule has 0 unspecified atom stereocenters. The van der Waals surface area contributed by atoms with Crippen molar-refractivity contribution < 1.29 is 18.7 Å². The minimum absolute atomic E-state index is 0.0926. The SMILES string of the molecule is C[C@H](Nc1nc(C(=O)N2CC(CC(=O)C3CCOCC3)C2)c2sccc2n1)c1cncc(F)c1. The van der Waals surface area contributed by atoms with Crippen molar-refractivity contribution in [3.8, 4) is 0 Å². The fraction of sp³-hybridized carbons (Fsp3) is 0.458. The fourth-order valence-electron chi connectivity index (χ4n) is 4.50. The molecule has 8 nitrogen and oxygen atoms in total. The summed E-state index contributed by atoms with van der Waals surface area (Å²) in [5, 5.41) is 5.04. The van der Waals surface area contributed by atoms with Gasteiger partial charge in [-0.15, -0.1) is 11.3 Å². The van der Waals surface area contributed by atoms with E-state index in [2.05, 4.69) is 20.3 Å². The molecule has 2 aliphatic rings. The highest BCUT2D eigenvalue weighted by molar-refractivity contribution is 7.17. The Bertz CT molecular complexity index is 1210. The second-order valence-electron chi connectivity index (χ2n) is 8.97. The Morgan fingerprint density at radius 2 is 2.06 bits per heavy atom. The Morgan fingerprint density at radius 3 is 2.82 bits per heavy atom. The Balaban J connectivity index is 1.26. The highest BCUT2D eigenvalue weighted by Gasteiger charge is 2.36. The minimum atomic E-state index is -0.418. The van der Waals surface area contributed by atoms with Crippen LogP contribution in [-0.2, 0) is 9.53 Å². The number of nitrogens with one attached hydrogen (secondary N) is 1. The standard InChI is InChI=1S/C24H26FN5O3S/c1-14(17-9-18(25)11-26-10-17)27-24-28-19-4-7-34-22(19)21(29-24)23(32)30-12-15(13-30)8-20(31)16-2-5-33-6-3-16/h4,7,9-11,14-16H,2-3,5-6,8,12-13H2,1H3,(H,27,28,29)/t14-/m0/s1. The monoisotopic (exact) mass is 483 g/mol. The zero-order valence-corrected chi connectivity index (χ0v) is 19.7. The van der Waals surface area contributed by atoms with Gasteiger partial charge in [0.2, 0.25) is 5.95 Å². The number of carbonyl (C=O) groups is 2. The molecule has 5 heterocycles. The lowest BCUT2D eigenvalue weighted by Crippen LogP contribution is -2.51. The summed E-state index contributed by atoms with van der Waals surface area (Å²) in [6.45, 7) is 4.27. The molecular formula is C24H26FN5O3S. The van der Waals surface area contributed by atoms with E-state index in [1.54, 1.807) is 11.1 Å². The molecule has 0 saturated carbocycles. The number of amides is 1. The minimum Gasteiger partial charge on any atom is -0.381 e. The lowest BCUT2D eigenvalue weighted by Gasteiger charge is -2.39. The molecule has 1 amide bonds. The number of halogens is 1. The maximum Gasteiger partial charge on any atom is 0.274 e. The molecule has 178 valence electrons. The van der Waals surface area contributed by atoms with Crippen LogP contribution in [-0.4, -0.2) is 57.8 Å². The summed E-state index contributed by atoms with van der Waals surface area (Å²) in [7, 11) is 0. The molecule has 3 aromatic rings. The van der Waals surface area contributed by atoms with Crippen LogP contribution >= 0.6 is 11.3 Å². The van der Waals surface area contributed by atoms with Crippen molar-refractivity contribution in [2.75, 3.05) is 31.6 Å². The van der Waals surface area contributed by atoms with E-state index < -0.39 is 5.82 Å². The Kier molecular flexibility index (Phi) is 6.51. The topological polar surface area (TPSA) is 97.3 Å². The maximum atomic E-state index is 13.6. The molecule has 0 aliphatic carbocycles. The smallest absolute Gasteiger partial charge is 0.274 e. The molecular weight excluding hydrogens is 457 g/mol. The molecule has 0 aromatic carbocycles. The van der Waals surface area contributed by atoms with Gasteiger partial charge in [0.1, 0.15) is 11.6 Å². The van der Waals surface area contributed by atoms with Gasteiger partial charge < -0.3 is 15.0 Å². The first-order valence-electron chi connectivity index (χ1n) is 11.5. The molecule has 34 heavy (non-hydrogen) atoms. The van der Waals surface area contributed by atoms with Crippen molar-refractivity contribution >= 4 is 39.2 Å². The predicted octanol–water partition coefficient (Wildman–Crippen LogP) is 3.86. The molecule has 1 atom stereocenters. The van der Waals surface area contributed by atoms with Crippen LogP contribution in [0.4, 0.5) is 10.3 Å². The van der Waals surface area contributed by atoms with Gasteiger partial charge in [0.25, 0.3) is 5.91 Å². The average Bonchev–Trinajstić information content (AvgIpc) is 3.29.